The normalized spacial score (nSPS) is 16.5. The number of rotatable bonds is 2. The molecule has 5 heteroatoms. The van der Waals surface area contributed by atoms with Crippen LogP contribution in [0.4, 0.5) is 0 Å². The molecule has 1 aromatic heterocycles. The lowest BCUT2D eigenvalue weighted by Gasteiger charge is -2.25. The number of hydrogen-bond acceptors (Lipinski definition) is 3. The molecule has 0 unspecified atom stereocenters. The number of aromatic amines is 1. The van der Waals surface area contributed by atoms with Gasteiger partial charge in [-0.05, 0) is 26.7 Å². The van der Waals surface area contributed by atoms with Crippen molar-refractivity contribution in [2.45, 2.75) is 33.1 Å². The average molecular weight is 223 g/mol. The van der Waals surface area contributed by atoms with Crippen molar-refractivity contribution in [3.05, 3.63) is 17.0 Å². The zero-order chi connectivity index (χ0) is 11.5. The van der Waals surface area contributed by atoms with Crippen LogP contribution in [0.3, 0.4) is 0 Å². The summed E-state index contributed by atoms with van der Waals surface area (Å²) in [7, 11) is 0. The average Bonchev–Trinajstić information content (AvgIpc) is 2.62. The van der Waals surface area contributed by atoms with Gasteiger partial charge in [-0.15, -0.1) is 0 Å². The van der Waals surface area contributed by atoms with Crippen molar-refractivity contribution in [2.24, 2.45) is 0 Å². The van der Waals surface area contributed by atoms with Gasteiger partial charge < -0.3 is 0 Å². The van der Waals surface area contributed by atoms with Crippen LogP contribution < -0.4 is 0 Å². The zero-order valence-corrected chi connectivity index (χ0v) is 9.75. The number of H-pyrrole nitrogens is 1. The van der Waals surface area contributed by atoms with E-state index >= 15 is 0 Å². The van der Waals surface area contributed by atoms with Gasteiger partial charge in [0.15, 0.2) is 0 Å². The molecule has 0 aromatic carbocycles. The van der Waals surface area contributed by atoms with Crippen LogP contribution in [-0.4, -0.2) is 34.3 Å². The Labute approximate surface area is 94.7 Å². The number of aryl methyl sites for hydroxylation is 2. The molecule has 2 rings (SSSR count). The molecule has 5 nitrogen and oxygen atoms in total. The van der Waals surface area contributed by atoms with Gasteiger partial charge in [0.1, 0.15) is 0 Å². The summed E-state index contributed by atoms with van der Waals surface area (Å²) in [6.07, 6.45) is 2.43. The van der Waals surface area contributed by atoms with Crippen LogP contribution in [0.25, 0.3) is 0 Å². The van der Waals surface area contributed by atoms with Crippen molar-refractivity contribution < 1.29 is 9.63 Å². The van der Waals surface area contributed by atoms with E-state index in [-0.39, 0.29) is 5.91 Å². The van der Waals surface area contributed by atoms with Crippen LogP contribution in [0.15, 0.2) is 0 Å². The number of hydrogen-bond donors (Lipinski definition) is 1. The third kappa shape index (κ3) is 2.24. The summed E-state index contributed by atoms with van der Waals surface area (Å²) in [5.41, 5.74) is 2.84. The van der Waals surface area contributed by atoms with E-state index < -0.39 is 0 Å². The predicted octanol–water partition coefficient (Wildman–Crippen LogP) is 1.12. The number of hydroxylamine groups is 2. The summed E-state index contributed by atoms with van der Waals surface area (Å²) in [5, 5.41) is 8.44. The molecule has 1 saturated heterocycles. The summed E-state index contributed by atoms with van der Waals surface area (Å²) in [4.78, 5) is 17.3. The molecule has 1 aromatic rings. The molecule has 88 valence electrons. The standard InChI is InChI=1S/C11H17N3O2/c1-8-10(9(2)13-12-8)7-11(15)14-5-3-4-6-16-14/h3-7H2,1-2H3,(H,12,13). The Hall–Kier alpha value is -1.36. The maximum Gasteiger partial charge on any atom is 0.250 e. The highest BCUT2D eigenvalue weighted by atomic mass is 16.7. The van der Waals surface area contributed by atoms with Crippen LogP contribution in [0.5, 0.6) is 0 Å². The van der Waals surface area contributed by atoms with Crippen LogP contribution in [0, 0.1) is 13.8 Å². The quantitative estimate of drug-likeness (QED) is 0.817. The lowest BCUT2D eigenvalue weighted by molar-refractivity contribution is -0.196. The number of carbonyl (C=O) groups is 1. The van der Waals surface area contributed by atoms with E-state index in [2.05, 4.69) is 10.2 Å². The minimum absolute atomic E-state index is 0.0206. The maximum atomic E-state index is 11.9. The number of aromatic nitrogens is 2. The Morgan fingerprint density at radius 1 is 1.50 bits per heavy atom. The molecule has 1 aliphatic heterocycles. The third-order valence-corrected chi connectivity index (χ3v) is 2.89. The molecule has 1 amide bonds. The smallest absolute Gasteiger partial charge is 0.250 e. The maximum absolute atomic E-state index is 11.9. The minimum atomic E-state index is 0.0206. The molecular weight excluding hydrogens is 206 g/mol. The minimum Gasteiger partial charge on any atom is -0.282 e. The van der Waals surface area contributed by atoms with E-state index in [1.54, 1.807) is 0 Å². The van der Waals surface area contributed by atoms with E-state index in [1.165, 1.54) is 5.06 Å². The molecule has 1 fully saturated rings. The molecule has 1 N–H and O–H groups in total. The van der Waals surface area contributed by atoms with Crippen molar-refractivity contribution in [2.75, 3.05) is 13.2 Å². The van der Waals surface area contributed by atoms with E-state index in [4.69, 9.17) is 4.84 Å². The highest BCUT2D eigenvalue weighted by Crippen LogP contribution is 2.13. The number of carbonyl (C=O) groups excluding carboxylic acids is 1. The van der Waals surface area contributed by atoms with Gasteiger partial charge in [-0.1, -0.05) is 0 Å². The van der Waals surface area contributed by atoms with Gasteiger partial charge in [-0.3, -0.25) is 14.7 Å². The highest BCUT2D eigenvalue weighted by molar-refractivity contribution is 5.78. The first-order valence-corrected chi connectivity index (χ1v) is 5.62. The van der Waals surface area contributed by atoms with Crippen molar-refractivity contribution in [1.82, 2.24) is 15.3 Å². The first-order chi connectivity index (χ1) is 7.68. The van der Waals surface area contributed by atoms with E-state index in [0.717, 1.165) is 29.8 Å². The Morgan fingerprint density at radius 3 is 2.88 bits per heavy atom. The Balaban J connectivity index is 2.01. The third-order valence-electron chi connectivity index (χ3n) is 2.89. The van der Waals surface area contributed by atoms with Gasteiger partial charge in [0.05, 0.1) is 18.7 Å². The second-order valence-electron chi connectivity index (χ2n) is 4.13. The van der Waals surface area contributed by atoms with Gasteiger partial charge in [0.2, 0.25) is 0 Å². The van der Waals surface area contributed by atoms with E-state index in [9.17, 15) is 4.79 Å². The largest absolute Gasteiger partial charge is 0.282 e. The Bertz CT molecular complexity index is 361. The fourth-order valence-corrected chi connectivity index (χ4v) is 1.87. The second-order valence-corrected chi connectivity index (χ2v) is 4.13. The number of nitrogens with zero attached hydrogens (tertiary/aromatic N) is 2. The number of amides is 1. The van der Waals surface area contributed by atoms with Gasteiger partial charge in [-0.2, -0.15) is 5.10 Å². The second kappa shape index (κ2) is 4.65. The predicted molar refractivity (Wildman–Crippen MR) is 58.7 cm³/mol. The molecule has 1 aliphatic rings. The fourth-order valence-electron chi connectivity index (χ4n) is 1.87. The van der Waals surface area contributed by atoms with Crippen LogP contribution in [0.2, 0.25) is 0 Å². The molecule has 0 atom stereocenters. The zero-order valence-electron chi connectivity index (χ0n) is 9.75. The van der Waals surface area contributed by atoms with Gasteiger partial charge in [0, 0.05) is 17.8 Å². The van der Waals surface area contributed by atoms with E-state index in [0.29, 0.717) is 19.6 Å². The molecule has 2 heterocycles. The molecule has 0 aliphatic carbocycles. The summed E-state index contributed by atoms with van der Waals surface area (Å²) in [6, 6.07) is 0. The SMILES string of the molecule is Cc1n[nH]c(C)c1CC(=O)N1CCCCO1. The van der Waals surface area contributed by atoms with Crippen molar-refractivity contribution in [3.63, 3.8) is 0 Å². The molecular formula is C11H17N3O2. The van der Waals surface area contributed by atoms with E-state index in [1.807, 2.05) is 13.8 Å². The molecule has 16 heavy (non-hydrogen) atoms. The topological polar surface area (TPSA) is 58.2 Å². The van der Waals surface area contributed by atoms with Crippen LogP contribution in [-0.2, 0) is 16.1 Å². The summed E-state index contributed by atoms with van der Waals surface area (Å²) in [5.74, 6) is 0.0206. The Kier molecular flexibility index (Phi) is 3.24. The first kappa shape index (κ1) is 11.1. The van der Waals surface area contributed by atoms with Gasteiger partial charge in [0.25, 0.3) is 5.91 Å². The molecule has 0 saturated carbocycles. The molecule has 0 radical (unpaired) electrons. The Morgan fingerprint density at radius 2 is 2.31 bits per heavy atom. The molecule has 0 spiro atoms. The highest BCUT2D eigenvalue weighted by Gasteiger charge is 2.20. The van der Waals surface area contributed by atoms with Crippen LogP contribution >= 0.6 is 0 Å². The first-order valence-electron chi connectivity index (χ1n) is 5.62. The van der Waals surface area contributed by atoms with Crippen molar-refractivity contribution >= 4 is 5.91 Å². The summed E-state index contributed by atoms with van der Waals surface area (Å²) >= 11 is 0. The lowest BCUT2D eigenvalue weighted by Crippen LogP contribution is -2.36. The molecule has 0 bridgehead atoms. The number of nitrogens with one attached hydrogen (secondary N) is 1. The summed E-state index contributed by atoms with van der Waals surface area (Å²) in [6.45, 7) is 5.19. The van der Waals surface area contributed by atoms with Crippen molar-refractivity contribution in [3.8, 4) is 0 Å². The van der Waals surface area contributed by atoms with Crippen molar-refractivity contribution in [1.29, 1.82) is 0 Å². The van der Waals surface area contributed by atoms with Gasteiger partial charge in [-0.25, -0.2) is 5.06 Å². The van der Waals surface area contributed by atoms with Crippen LogP contribution in [0.1, 0.15) is 29.8 Å². The monoisotopic (exact) mass is 223 g/mol. The van der Waals surface area contributed by atoms with Gasteiger partial charge >= 0.3 is 0 Å². The summed E-state index contributed by atoms with van der Waals surface area (Å²) < 4.78 is 0. The fraction of sp³-hybridized carbons (Fsp3) is 0.636. The lowest BCUT2D eigenvalue weighted by atomic mass is 10.1.